The SMILES string of the molecule is CN(CCN1C2CCCC1CC(=O)C2)C1CCCC1. The summed E-state index contributed by atoms with van der Waals surface area (Å²) in [5, 5.41) is 0. The van der Waals surface area contributed by atoms with Crippen molar-refractivity contribution in [3.05, 3.63) is 0 Å². The molecule has 0 spiro atoms. The van der Waals surface area contributed by atoms with Gasteiger partial charge in [-0.15, -0.1) is 0 Å². The minimum atomic E-state index is 0.509. The minimum Gasteiger partial charge on any atom is -0.302 e. The third kappa shape index (κ3) is 3.03. The molecular weight excluding hydrogens is 236 g/mol. The van der Waals surface area contributed by atoms with Crippen molar-refractivity contribution in [3.63, 3.8) is 0 Å². The summed E-state index contributed by atoms with van der Waals surface area (Å²) in [7, 11) is 2.29. The summed E-state index contributed by atoms with van der Waals surface area (Å²) in [6.07, 6.45) is 11.1. The molecule has 2 bridgehead atoms. The lowest BCUT2D eigenvalue weighted by molar-refractivity contribution is -0.127. The lowest BCUT2D eigenvalue weighted by atomic mass is 9.84. The number of hydrogen-bond donors (Lipinski definition) is 0. The Kier molecular flexibility index (Phi) is 4.23. The Balaban J connectivity index is 1.52. The van der Waals surface area contributed by atoms with Crippen LogP contribution in [-0.2, 0) is 4.79 Å². The number of ketones is 1. The van der Waals surface area contributed by atoms with Gasteiger partial charge in [0.15, 0.2) is 0 Å². The quantitative estimate of drug-likeness (QED) is 0.779. The smallest absolute Gasteiger partial charge is 0.136 e. The van der Waals surface area contributed by atoms with Gasteiger partial charge < -0.3 is 4.90 Å². The Labute approximate surface area is 117 Å². The standard InChI is InChI=1S/C16H28N2O/c1-17(13-5-2-3-6-13)9-10-18-14-7-4-8-15(18)12-16(19)11-14/h13-15H,2-12H2,1H3. The summed E-state index contributed by atoms with van der Waals surface area (Å²) in [6, 6.07) is 1.96. The van der Waals surface area contributed by atoms with E-state index in [-0.39, 0.29) is 0 Å². The molecule has 0 aromatic carbocycles. The summed E-state index contributed by atoms with van der Waals surface area (Å²) in [5.74, 6) is 0.509. The van der Waals surface area contributed by atoms with Gasteiger partial charge in [0.05, 0.1) is 0 Å². The molecular formula is C16H28N2O. The summed E-state index contributed by atoms with van der Waals surface area (Å²) >= 11 is 0. The second-order valence-electron chi connectivity index (χ2n) is 6.84. The molecule has 0 aromatic rings. The van der Waals surface area contributed by atoms with Gasteiger partial charge >= 0.3 is 0 Å². The molecule has 2 aliphatic heterocycles. The van der Waals surface area contributed by atoms with Gasteiger partial charge in [0, 0.05) is 44.1 Å². The average Bonchev–Trinajstić information content (AvgIpc) is 2.89. The van der Waals surface area contributed by atoms with Crippen LogP contribution in [0.5, 0.6) is 0 Å². The fourth-order valence-corrected chi connectivity index (χ4v) is 4.43. The second kappa shape index (κ2) is 5.92. The zero-order valence-corrected chi connectivity index (χ0v) is 12.3. The number of likely N-dealkylation sites (N-methyl/N-ethyl adjacent to an activating group) is 1. The second-order valence-corrected chi connectivity index (χ2v) is 6.84. The van der Waals surface area contributed by atoms with Crippen LogP contribution in [0.4, 0.5) is 0 Å². The number of Topliss-reactive ketones (excluding diaryl/α,β-unsaturated/α-hetero) is 1. The van der Waals surface area contributed by atoms with Crippen LogP contribution in [-0.4, -0.2) is 53.8 Å². The van der Waals surface area contributed by atoms with Crippen molar-refractivity contribution in [2.24, 2.45) is 0 Å². The van der Waals surface area contributed by atoms with E-state index in [0.717, 1.165) is 18.9 Å². The molecule has 3 aliphatic rings. The fraction of sp³-hybridized carbons (Fsp3) is 0.938. The van der Waals surface area contributed by atoms with Gasteiger partial charge in [-0.25, -0.2) is 0 Å². The van der Waals surface area contributed by atoms with Crippen molar-refractivity contribution in [2.75, 3.05) is 20.1 Å². The number of hydrogen-bond acceptors (Lipinski definition) is 3. The lowest BCUT2D eigenvalue weighted by Gasteiger charge is -2.46. The molecule has 2 heterocycles. The number of rotatable bonds is 4. The predicted molar refractivity (Wildman–Crippen MR) is 77.3 cm³/mol. The molecule has 1 aliphatic carbocycles. The third-order valence-corrected chi connectivity index (χ3v) is 5.60. The third-order valence-electron chi connectivity index (χ3n) is 5.60. The molecule has 2 saturated heterocycles. The van der Waals surface area contributed by atoms with E-state index in [0.29, 0.717) is 17.9 Å². The molecule has 0 N–H and O–H groups in total. The normalized spacial score (nSPS) is 33.3. The molecule has 0 radical (unpaired) electrons. The highest BCUT2D eigenvalue weighted by molar-refractivity contribution is 5.80. The van der Waals surface area contributed by atoms with E-state index in [1.54, 1.807) is 0 Å². The van der Waals surface area contributed by atoms with Crippen molar-refractivity contribution in [3.8, 4) is 0 Å². The van der Waals surface area contributed by atoms with Crippen molar-refractivity contribution in [1.29, 1.82) is 0 Å². The van der Waals surface area contributed by atoms with E-state index in [9.17, 15) is 4.79 Å². The maximum Gasteiger partial charge on any atom is 0.136 e. The van der Waals surface area contributed by atoms with E-state index >= 15 is 0 Å². The maximum absolute atomic E-state index is 11.7. The molecule has 19 heavy (non-hydrogen) atoms. The predicted octanol–water partition coefficient (Wildman–Crippen LogP) is 2.45. The van der Waals surface area contributed by atoms with Gasteiger partial charge in [-0.1, -0.05) is 19.3 Å². The molecule has 3 fully saturated rings. The summed E-state index contributed by atoms with van der Waals surface area (Å²) < 4.78 is 0. The van der Waals surface area contributed by atoms with Crippen LogP contribution in [0.3, 0.4) is 0 Å². The molecule has 2 unspecified atom stereocenters. The number of nitrogens with zero attached hydrogens (tertiary/aromatic N) is 2. The van der Waals surface area contributed by atoms with Crippen molar-refractivity contribution >= 4 is 5.78 Å². The van der Waals surface area contributed by atoms with E-state index < -0.39 is 0 Å². The van der Waals surface area contributed by atoms with Crippen LogP contribution in [0.1, 0.15) is 57.8 Å². The minimum absolute atomic E-state index is 0.509. The Hall–Kier alpha value is -0.410. The van der Waals surface area contributed by atoms with Gasteiger partial charge in [-0.2, -0.15) is 0 Å². The summed E-state index contributed by atoms with van der Waals surface area (Å²) in [4.78, 5) is 17.0. The maximum atomic E-state index is 11.7. The first-order valence-corrected chi connectivity index (χ1v) is 8.21. The van der Waals surface area contributed by atoms with Gasteiger partial charge in [-0.05, 0) is 32.7 Å². The van der Waals surface area contributed by atoms with Crippen molar-refractivity contribution in [1.82, 2.24) is 9.80 Å². The van der Waals surface area contributed by atoms with Crippen molar-refractivity contribution < 1.29 is 4.79 Å². The Morgan fingerprint density at radius 2 is 1.68 bits per heavy atom. The van der Waals surface area contributed by atoms with Crippen LogP contribution in [0, 0.1) is 0 Å². The molecule has 0 amide bonds. The van der Waals surface area contributed by atoms with E-state index in [1.807, 2.05) is 0 Å². The topological polar surface area (TPSA) is 23.6 Å². The average molecular weight is 264 g/mol. The largest absolute Gasteiger partial charge is 0.302 e. The molecule has 3 heteroatoms. The van der Waals surface area contributed by atoms with Crippen LogP contribution in [0.15, 0.2) is 0 Å². The molecule has 108 valence electrons. The highest BCUT2D eigenvalue weighted by Crippen LogP contribution is 2.32. The molecule has 3 rings (SSSR count). The van der Waals surface area contributed by atoms with Crippen LogP contribution in [0.25, 0.3) is 0 Å². The molecule has 2 atom stereocenters. The summed E-state index contributed by atoms with van der Waals surface area (Å²) in [5.41, 5.74) is 0. The van der Waals surface area contributed by atoms with Gasteiger partial charge in [0.1, 0.15) is 5.78 Å². The van der Waals surface area contributed by atoms with Gasteiger partial charge in [0.2, 0.25) is 0 Å². The zero-order valence-electron chi connectivity index (χ0n) is 12.3. The van der Waals surface area contributed by atoms with Crippen LogP contribution in [0.2, 0.25) is 0 Å². The first-order valence-electron chi connectivity index (χ1n) is 8.21. The molecule has 3 nitrogen and oxygen atoms in total. The van der Waals surface area contributed by atoms with Gasteiger partial charge in [0.25, 0.3) is 0 Å². The first kappa shape index (κ1) is 13.6. The molecule has 1 saturated carbocycles. The fourth-order valence-electron chi connectivity index (χ4n) is 4.43. The number of carbonyl (C=O) groups excluding carboxylic acids is 1. The lowest BCUT2D eigenvalue weighted by Crippen LogP contribution is -2.54. The summed E-state index contributed by atoms with van der Waals surface area (Å²) in [6.45, 7) is 2.36. The van der Waals surface area contributed by atoms with E-state index in [1.165, 1.54) is 58.0 Å². The Bertz CT molecular complexity index is 309. The van der Waals surface area contributed by atoms with Crippen molar-refractivity contribution in [2.45, 2.75) is 75.9 Å². The Morgan fingerprint density at radius 3 is 2.32 bits per heavy atom. The first-order chi connectivity index (χ1) is 9.24. The van der Waals surface area contributed by atoms with E-state index in [2.05, 4.69) is 16.8 Å². The van der Waals surface area contributed by atoms with E-state index in [4.69, 9.17) is 0 Å². The van der Waals surface area contributed by atoms with Crippen LogP contribution >= 0.6 is 0 Å². The Morgan fingerprint density at radius 1 is 1.05 bits per heavy atom. The van der Waals surface area contributed by atoms with Crippen LogP contribution < -0.4 is 0 Å². The number of piperidine rings is 2. The zero-order chi connectivity index (χ0) is 13.2. The monoisotopic (exact) mass is 264 g/mol. The highest BCUT2D eigenvalue weighted by atomic mass is 16.1. The van der Waals surface area contributed by atoms with Gasteiger partial charge in [-0.3, -0.25) is 9.69 Å². The highest BCUT2D eigenvalue weighted by Gasteiger charge is 2.37. The number of carbonyl (C=O) groups is 1. The molecule has 0 aromatic heterocycles. The number of fused-ring (bicyclic) bond motifs is 2.